The molecule has 0 bridgehead atoms. The molecule has 0 aliphatic carbocycles. The van der Waals surface area contributed by atoms with Gasteiger partial charge >= 0.3 is 0 Å². The molecule has 0 spiro atoms. The molecule has 0 radical (unpaired) electrons. The molecule has 2 aliphatic rings. The molecule has 8 heteroatoms. The van der Waals surface area contributed by atoms with Crippen LogP contribution in [-0.4, -0.2) is 64.3 Å². The predicted molar refractivity (Wildman–Crippen MR) is 93.1 cm³/mol. The Morgan fingerprint density at radius 2 is 1.83 bits per heavy atom. The van der Waals surface area contributed by atoms with Crippen LogP contribution in [0.25, 0.3) is 0 Å². The fourth-order valence-corrected chi connectivity index (χ4v) is 4.95. The smallest absolute Gasteiger partial charge is 0.213 e. The van der Waals surface area contributed by atoms with Gasteiger partial charge in [0.15, 0.2) is 0 Å². The fraction of sp³-hybridized carbons (Fsp3) is 0.875. The Labute approximate surface area is 145 Å². The van der Waals surface area contributed by atoms with Crippen molar-refractivity contribution in [2.24, 2.45) is 7.05 Å². The van der Waals surface area contributed by atoms with Gasteiger partial charge in [-0.25, -0.2) is 12.7 Å². The molecule has 24 heavy (non-hydrogen) atoms. The first-order valence-corrected chi connectivity index (χ1v) is 10.7. The minimum atomic E-state index is -3.12. The van der Waals surface area contributed by atoms with Crippen LogP contribution in [0.15, 0.2) is 0 Å². The molecule has 0 aromatic carbocycles. The zero-order valence-corrected chi connectivity index (χ0v) is 15.6. The molecule has 0 N–H and O–H groups in total. The van der Waals surface area contributed by atoms with Crippen LogP contribution in [0.3, 0.4) is 0 Å². The van der Waals surface area contributed by atoms with E-state index in [0.717, 1.165) is 44.1 Å². The second kappa shape index (κ2) is 7.49. The van der Waals surface area contributed by atoms with E-state index in [1.54, 1.807) is 11.2 Å². The highest BCUT2D eigenvalue weighted by Gasteiger charge is 2.31. The highest BCUT2D eigenvalue weighted by molar-refractivity contribution is 7.89. The lowest BCUT2D eigenvalue weighted by Gasteiger charge is -2.31. The summed E-state index contributed by atoms with van der Waals surface area (Å²) < 4.78 is 28.0. The van der Waals surface area contributed by atoms with Crippen LogP contribution in [-0.2, 0) is 23.6 Å². The van der Waals surface area contributed by atoms with Crippen molar-refractivity contribution in [1.82, 2.24) is 24.0 Å². The highest BCUT2D eigenvalue weighted by Crippen LogP contribution is 2.27. The summed E-state index contributed by atoms with van der Waals surface area (Å²) in [6.07, 6.45) is 5.71. The minimum Gasteiger partial charge on any atom is -0.317 e. The molecule has 136 valence electrons. The monoisotopic (exact) mass is 355 g/mol. The lowest BCUT2D eigenvalue weighted by Crippen LogP contribution is -2.40. The van der Waals surface area contributed by atoms with Gasteiger partial charge in [-0.2, -0.15) is 0 Å². The van der Waals surface area contributed by atoms with Crippen LogP contribution in [0.5, 0.6) is 0 Å². The molecule has 0 amide bonds. The number of sulfonamides is 1. The van der Waals surface area contributed by atoms with Crippen molar-refractivity contribution < 1.29 is 8.42 Å². The summed E-state index contributed by atoms with van der Waals surface area (Å²) in [5.74, 6) is 2.23. The molecule has 2 saturated heterocycles. The van der Waals surface area contributed by atoms with Gasteiger partial charge < -0.3 is 4.57 Å². The molecule has 3 heterocycles. The standard InChI is InChI=1S/C16H29N5O2S/c1-3-24(22,23)21-11-7-8-14(12-21)16-18-17-15(19(16)2)13-20-9-5-4-6-10-20/h14H,3-13H2,1-2H3/t14-/m1/s1. The van der Waals surface area contributed by atoms with Gasteiger partial charge in [0, 0.05) is 26.1 Å². The maximum Gasteiger partial charge on any atom is 0.213 e. The van der Waals surface area contributed by atoms with Crippen molar-refractivity contribution in [3.63, 3.8) is 0 Å². The molecule has 7 nitrogen and oxygen atoms in total. The number of likely N-dealkylation sites (tertiary alicyclic amines) is 1. The highest BCUT2D eigenvalue weighted by atomic mass is 32.2. The number of hydrogen-bond acceptors (Lipinski definition) is 5. The number of rotatable bonds is 5. The third-order valence-electron chi connectivity index (χ3n) is 5.32. The van der Waals surface area contributed by atoms with Crippen molar-refractivity contribution in [1.29, 1.82) is 0 Å². The van der Waals surface area contributed by atoms with E-state index in [1.807, 2.05) is 7.05 Å². The summed E-state index contributed by atoms with van der Waals surface area (Å²) in [4.78, 5) is 2.44. The van der Waals surface area contributed by atoms with Crippen LogP contribution in [0.4, 0.5) is 0 Å². The van der Waals surface area contributed by atoms with Gasteiger partial charge in [0.05, 0.1) is 12.3 Å². The molecule has 1 aromatic rings. The SMILES string of the molecule is CCS(=O)(=O)N1CCC[C@@H](c2nnc(CN3CCCCC3)n2C)C1. The van der Waals surface area contributed by atoms with Gasteiger partial charge in [-0.1, -0.05) is 6.42 Å². The number of piperidine rings is 2. The van der Waals surface area contributed by atoms with Crippen LogP contribution < -0.4 is 0 Å². The Kier molecular flexibility index (Phi) is 5.56. The van der Waals surface area contributed by atoms with Crippen LogP contribution in [0.1, 0.15) is 56.6 Å². The largest absolute Gasteiger partial charge is 0.317 e. The molecule has 2 fully saturated rings. The van der Waals surface area contributed by atoms with E-state index in [4.69, 9.17) is 0 Å². The average Bonchev–Trinajstić information content (AvgIpc) is 2.96. The third kappa shape index (κ3) is 3.81. The Morgan fingerprint density at radius 3 is 2.54 bits per heavy atom. The summed E-state index contributed by atoms with van der Waals surface area (Å²) in [7, 11) is -1.11. The minimum absolute atomic E-state index is 0.146. The van der Waals surface area contributed by atoms with Crippen molar-refractivity contribution in [2.75, 3.05) is 31.9 Å². The van der Waals surface area contributed by atoms with Gasteiger partial charge in [-0.3, -0.25) is 4.90 Å². The van der Waals surface area contributed by atoms with E-state index < -0.39 is 10.0 Å². The molecule has 1 aromatic heterocycles. The molecule has 3 rings (SSSR count). The van der Waals surface area contributed by atoms with Gasteiger partial charge in [-0.05, 0) is 45.7 Å². The zero-order chi connectivity index (χ0) is 17.2. The van der Waals surface area contributed by atoms with E-state index in [2.05, 4.69) is 19.7 Å². The predicted octanol–water partition coefficient (Wildman–Crippen LogP) is 1.33. The maximum atomic E-state index is 12.2. The van der Waals surface area contributed by atoms with E-state index in [0.29, 0.717) is 13.1 Å². The lowest BCUT2D eigenvalue weighted by molar-refractivity contribution is 0.213. The molecule has 0 unspecified atom stereocenters. The van der Waals surface area contributed by atoms with Crippen molar-refractivity contribution >= 4 is 10.0 Å². The van der Waals surface area contributed by atoms with Gasteiger partial charge in [0.2, 0.25) is 10.0 Å². The normalized spacial score (nSPS) is 24.3. The van der Waals surface area contributed by atoms with Crippen molar-refractivity contribution in [3.05, 3.63) is 11.6 Å². The van der Waals surface area contributed by atoms with E-state index in [-0.39, 0.29) is 11.7 Å². The number of nitrogens with zero attached hydrogens (tertiary/aromatic N) is 5. The van der Waals surface area contributed by atoms with Gasteiger partial charge in [0.25, 0.3) is 0 Å². The third-order valence-corrected chi connectivity index (χ3v) is 7.17. The Balaban J connectivity index is 1.70. The van der Waals surface area contributed by atoms with Crippen LogP contribution in [0.2, 0.25) is 0 Å². The molecular weight excluding hydrogens is 326 g/mol. The summed E-state index contributed by atoms with van der Waals surface area (Å²) in [6, 6.07) is 0. The second-order valence-corrected chi connectivity index (χ2v) is 9.23. The number of aromatic nitrogens is 3. The summed E-state index contributed by atoms with van der Waals surface area (Å²) in [5.41, 5.74) is 0. The first-order chi connectivity index (χ1) is 11.5. The number of hydrogen-bond donors (Lipinski definition) is 0. The Hall–Kier alpha value is -0.990. The molecule has 2 aliphatic heterocycles. The second-order valence-electron chi connectivity index (χ2n) is 6.97. The maximum absolute atomic E-state index is 12.2. The first-order valence-electron chi connectivity index (χ1n) is 9.09. The van der Waals surface area contributed by atoms with Crippen LogP contribution in [0, 0.1) is 0 Å². The summed E-state index contributed by atoms with van der Waals surface area (Å²) >= 11 is 0. The van der Waals surface area contributed by atoms with Crippen molar-refractivity contribution in [2.45, 2.75) is 51.5 Å². The quantitative estimate of drug-likeness (QED) is 0.797. The molecular formula is C16H29N5O2S. The topological polar surface area (TPSA) is 71.3 Å². The van der Waals surface area contributed by atoms with Gasteiger partial charge in [-0.15, -0.1) is 10.2 Å². The van der Waals surface area contributed by atoms with E-state index in [1.165, 1.54) is 19.3 Å². The zero-order valence-electron chi connectivity index (χ0n) is 14.8. The first kappa shape index (κ1) is 17.8. The lowest BCUT2D eigenvalue weighted by atomic mass is 9.99. The summed E-state index contributed by atoms with van der Waals surface area (Å²) in [6.45, 7) is 5.98. The van der Waals surface area contributed by atoms with E-state index in [9.17, 15) is 8.42 Å². The van der Waals surface area contributed by atoms with E-state index >= 15 is 0 Å². The van der Waals surface area contributed by atoms with Crippen molar-refractivity contribution in [3.8, 4) is 0 Å². The van der Waals surface area contributed by atoms with Crippen LogP contribution >= 0.6 is 0 Å². The Bertz CT molecular complexity index is 651. The molecule has 0 saturated carbocycles. The molecule has 1 atom stereocenters. The summed E-state index contributed by atoms with van der Waals surface area (Å²) in [5, 5.41) is 8.81. The Morgan fingerprint density at radius 1 is 1.08 bits per heavy atom. The van der Waals surface area contributed by atoms with Gasteiger partial charge in [0.1, 0.15) is 11.6 Å². The fourth-order valence-electron chi connectivity index (χ4n) is 3.77. The average molecular weight is 356 g/mol.